The molecular weight excluding hydrogens is 490 g/mol. The number of ether oxygens (including phenoxy) is 1. The summed E-state index contributed by atoms with van der Waals surface area (Å²) in [5, 5.41) is 3.04. The fraction of sp³-hybridized carbons (Fsp3) is 0.344. The largest absolute Gasteiger partial charge is 0.449 e. The molecule has 39 heavy (non-hydrogen) atoms. The first kappa shape index (κ1) is 26.5. The van der Waals surface area contributed by atoms with Crippen LogP contribution in [0.5, 0.6) is 0 Å². The zero-order chi connectivity index (χ0) is 27.2. The predicted molar refractivity (Wildman–Crippen MR) is 152 cm³/mol. The highest BCUT2D eigenvalue weighted by molar-refractivity contribution is 5.95. The first-order valence-corrected chi connectivity index (χ1v) is 13.8. The molecule has 3 aromatic rings. The lowest BCUT2D eigenvalue weighted by atomic mass is 9.89. The molecule has 3 aromatic carbocycles. The van der Waals surface area contributed by atoms with Gasteiger partial charge in [0, 0.05) is 42.5 Å². The van der Waals surface area contributed by atoms with E-state index in [0.29, 0.717) is 44.1 Å². The molecule has 7 nitrogen and oxygen atoms in total. The van der Waals surface area contributed by atoms with E-state index in [1.165, 1.54) is 5.56 Å². The molecule has 2 heterocycles. The standard InChI is InChI=1S/C32H35N3O4/c1-23(22-24-6-3-2-4-7-24)30(36)33-28-12-8-25(9-13-28)26-16-19-34(20-17-26)31(37)27-10-14-29(15-11-27)35-18-5-21-39-32(35)38/h2-4,6-15,23,26H,5,16-22H2,1H3,(H,33,36). The number of amides is 3. The number of nitrogens with one attached hydrogen (secondary N) is 1. The third kappa shape index (κ3) is 6.48. The number of nitrogens with zero attached hydrogens (tertiary/aromatic N) is 2. The van der Waals surface area contributed by atoms with Gasteiger partial charge in [0.1, 0.15) is 0 Å². The predicted octanol–water partition coefficient (Wildman–Crippen LogP) is 5.87. The van der Waals surface area contributed by atoms with Crippen LogP contribution in [-0.2, 0) is 16.0 Å². The van der Waals surface area contributed by atoms with Gasteiger partial charge in [-0.1, -0.05) is 49.4 Å². The molecule has 7 heteroatoms. The number of rotatable bonds is 7. The van der Waals surface area contributed by atoms with Gasteiger partial charge in [-0.2, -0.15) is 0 Å². The van der Waals surface area contributed by atoms with Crippen LogP contribution in [0.3, 0.4) is 0 Å². The van der Waals surface area contributed by atoms with E-state index in [-0.39, 0.29) is 23.8 Å². The third-order valence-electron chi connectivity index (χ3n) is 7.66. The second-order valence-corrected chi connectivity index (χ2v) is 10.4. The molecule has 0 aliphatic carbocycles. The molecule has 5 rings (SSSR count). The summed E-state index contributed by atoms with van der Waals surface area (Å²) >= 11 is 0. The molecule has 0 spiro atoms. The lowest BCUT2D eigenvalue weighted by Gasteiger charge is -2.32. The van der Waals surface area contributed by atoms with Crippen LogP contribution in [0.2, 0.25) is 0 Å². The van der Waals surface area contributed by atoms with E-state index in [2.05, 4.69) is 17.4 Å². The van der Waals surface area contributed by atoms with Gasteiger partial charge in [-0.25, -0.2) is 4.79 Å². The van der Waals surface area contributed by atoms with E-state index in [4.69, 9.17) is 4.74 Å². The Morgan fingerprint density at radius 1 is 0.923 bits per heavy atom. The van der Waals surface area contributed by atoms with E-state index in [1.807, 2.05) is 66.4 Å². The lowest BCUT2D eigenvalue weighted by Crippen LogP contribution is -2.38. The van der Waals surface area contributed by atoms with Crippen LogP contribution < -0.4 is 10.2 Å². The maximum Gasteiger partial charge on any atom is 0.414 e. The number of benzene rings is 3. The number of hydrogen-bond donors (Lipinski definition) is 1. The number of hydrogen-bond acceptors (Lipinski definition) is 4. The van der Waals surface area contributed by atoms with Crippen molar-refractivity contribution in [2.75, 3.05) is 36.5 Å². The molecule has 2 saturated heterocycles. The van der Waals surface area contributed by atoms with Crippen LogP contribution in [0, 0.1) is 5.92 Å². The quantitative estimate of drug-likeness (QED) is 0.418. The summed E-state index contributed by atoms with van der Waals surface area (Å²) in [5.74, 6) is 0.293. The van der Waals surface area contributed by atoms with Gasteiger partial charge in [0.15, 0.2) is 0 Å². The minimum Gasteiger partial charge on any atom is -0.449 e. The molecule has 0 saturated carbocycles. The minimum absolute atomic E-state index is 0.0160. The Labute approximate surface area is 229 Å². The Bertz CT molecular complexity index is 1280. The van der Waals surface area contributed by atoms with Crippen LogP contribution in [0.15, 0.2) is 78.9 Å². The van der Waals surface area contributed by atoms with Gasteiger partial charge in [0.25, 0.3) is 5.91 Å². The molecule has 1 atom stereocenters. The average molecular weight is 526 g/mol. The second kappa shape index (κ2) is 12.2. The zero-order valence-electron chi connectivity index (χ0n) is 22.3. The Balaban J connectivity index is 1.11. The van der Waals surface area contributed by atoms with E-state index in [0.717, 1.165) is 36.2 Å². The van der Waals surface area contributed by atoms with Crippen molar-refractivity contribution in [2.24, 2.45) is 5.92 Å². The summed E-state index contributed by atoms with van der Waals surface area (Å²) in [5.41, 5.74) is 4.57. The van der Waals surface area contributed by atoms with Crippen LogP contribution >= 0.6 is 0 Å². The number of piperidine rings is 1. The Morgan fingerprint density at radius 3 is 2.28 bits per heavy atom. The maximum atomic E-state index is 13.1. The number of likely N-dealkylation sites (tertiary alicyclic amines) is 1. The summed E-state index contributed by atoms with van der Waals surface area (Å²) < 4.78 is 5.11. The smallest absolute Gasteiger partial charge is 0.414 e. The summed E-state index contributed by atoms with van der Waals surface area (Å²) in [7, 11) is 0. The summed E-state index contributed by atoms with van der Waals surface area (Å²) in [6.45, 7) is 4.42. The van der Waals surface area contributed by atoms with E-state index in [1.54, 1.807) is 17.0 Å². The van der Waals surface area contributed by atoms with E-state index < -0.39 is 0 Å². The summed E-state index contributed by atoms with van der Waals surface area (Å²) in [4.78, 5) is 41.2. The van der Waals surface area contributed by atoms with Gasteiger partial charge in [-0.3, -0.25) is 14.5 Å². The highest BCUT2D eigenvalue weighted by Gasteiger charge is 2.26. The summed E-state index contributed by atoms with van der Waals surface area (Å²) in [6.07, 6.45) is 2.95. The number of anilines is 2. The number of cyclic esters (lactones) is 1. The molecule has 2 aliphatic heterocycles. The van der Waals surface area contributed by atoms with Crippen molar-refractivity contribution in [1.29, 1.82) is 0 Å². The SMILES string of the molecule is CC(Cc1ccccc1)C(=O)Nc1ccc(C2CCN(C(=O)c3ccc(N4CCCOC4=O)cc3)CC2)cc1. The Morgan fingerprint density at radius 2 is 1.62 bits per heavy atom. The van der Waals surface area contributed by atoms with Crippen molar-refractivity contribution in [3.63, 3.8) is 0 Å². The molecule has 1 unspecified atom stereocenters. The molecule has 0 aromatic heterocycles. The Hall–Kier alpha value is -4.13. The first-order chi connectivity index (χ1) is 19.0. The van der Waals surface area contributed by atoms with Gasteiger partial charge >= 0.3 is 6.09 Å². The average Bonchev–Trinajstić information content (AvgIpc) is 2.98. The molecule has 2 aliphatic rings. The van der Waals surface area contributed by atoms with Crippen molar-refractivity contribution in [3.05, 3.63) is 95.6 Å². The van der Waals surface area contributed by atoms with Crippen molar-refractivity contribution >= 4 is 29.3 Å². The minimum atomic E-state index is -0.338. The molecule has 2 fully saturated rings. The van der Waals surface area contributed by atoms with Crippen molar-refractivity contribution < 1.29 is 19.1 Å². The molecule has 202 valence electrons. The zero-order valence-corrected chi connectivity index (χ0v) is 22.3. The molecule has 1 N–H and O–H groups in total. The maximum absolute atomic E-state index is 13.1. The van der Waals surface area contributed by atoms with E-state index in [9.17, 15) is 14.4 Å². The fourth-order valence-corrected chi connectivity index (χ4v) is 5.33. The fourth-order valence-electron chi connectivity index (χ4n) is 5.33. The summed E-state index contributed by atoms with van der Waals surface area (Å²) in [6, 6.07) is 25.4. The van der Waals surface area contributed by atoms with Crippen molar-refractivity contribution in [1.82, 2.24) is 4.90 Å². The number of carbonyl (C=O) groups excluding carboxylic acids is 3. The van der Waals surface area contributed by atoms with Crippen LogP contribution in [0.4, 0.5) is 16.2 Å². The molecule has 0 radical (unpaired) electrons. The van der Waals surface area contributed by atoms with Crippen LogP contribution in [-0.4, -0.2) is 49.0 Å². The van der Waals surface area contributed by atoms with Gasteiger partial charge < -0.3 is 15.0 Å². The highest BCUT2D eigenvalue weighted by atomic mass is 16.6. The van der Waals surface area contributed by atoms with E-state index >= 15 is 0 Å². The second-order valence-electron chi connectivity index (χ2n) is 10.4. The molecule has 0 bridgehead atoms. The Kier molecular flexibility index (Phi) is 8.25. The highest BCUT2D eigenvalue weighted by Crippen LogP contribution is 2.30. The first-order valence-electron chi connectivity index (χ1n) is 13.8. The molecular formula is C32H35N3O4. The van der Waals surface area contributed by atoms with Crippen LogP contribution in [0.1, 0.15) is 53.6 Å². The van der Waals surface area contributed by atoms with Gasteiger partial charge in [-0.05, 0) is 79.1 Å². The van der Waals surface area contributed by atoms with Crippen molar-refractivity contribution in [2.45, 2.75) is 38.5 Å². The molecule has 3 amide bonds. The monoisotopic (exact) mass is 525 g/mol. The number of carbonyl (C=O) groups is 3. The van der Waals surface area contributed by atoms with Gasteiger partial charge in [0.05, 0.1) is 6.61 Å². The lowest BCUT2D eigenvalue weighted by molar-refractivity contribution is -0.119. The van der Waals surface area contributed by atoms with Gasteiger partial charge in [-0.15, -0.1) is 0 Å². The topological polar surface area (TPSA) is 79.0 Å². The third-order valence-corrected chi connectivity index (χ3v) is 7.66. The van der Waals surface area contributed by atoms with Gasteiger partial charge in [0.2, 0.25) is 5.91 Å². The van der Waals surface area contributed by atoms with Crippen molar-refractivity contribution in [3.8, 4) is 0 Å². The normalized spacial score (nSPS) is 16.9. The van der Waals surface area contributed by atoms with Crippen LogP contribution in [0.25, 0.3) is 0 Å².